The summed E-state index contributed by atoms with van der Waals surface area (Å²) in [6.07, 6.45) is 0. The van der Waals surface area contributed by atoms with Crippen molar-refractivity contribution in [2.75, 3.05) is 5.43 Å². The fourth-order valence-corrected chi connectivity index (χ4v) is 1.32. The van der Waals surface area contributed by atoms with Crippen LogP contribution in [-0.4, -0.2) is 15.1 Å². The van der Waals surface area contributed by atoms with Crippen LogP contribution in [0.15, 0.2) is 36.4 Å². The summed E-state index contributed by atoms with van der Waals surface area (Å²) in [4.78, 5) is 10.0. The number of nitrogen functional groups attached to an aromatic ring is 1. The van der Waals surface area contributed by atoms with Crippen LogP contribution in [0.5, 0.6) is 0 Å². The number of nitrogens with zero attached hydrogens (tertiary/aromatic N) is 3. The highest BCUT2D eigenvalue weighted by Gasteiger charge is 2.06. The zero-order chi connectivity index (χ0) is 12.3. The van der Waals surface area contributed by atoms with Crippen LogP contribution in [0.25, 0.3) is 11.3 Å². The quantitative estimate of drug-likeness (QED) is 0.469. The van der Waals surface area contributed by atoms with Crippen LogP contribution in [0.2, 0.25) is 0 Å². The number of nitro groups is 1. The highest BCUT2D eigenvalue weighted by Crippen LogP contribution is 2.20. The first kappa shape index (κ1) is 11.0. The molecule has 1 heterocycles. The van der Waals surface area contributed by atoms with E-state index in [1.54, 1.807) is 24.3 Å². The number of hydrogen-bond acceptors (Lipinski definition) is 6. The number of nitrogens with one attached hydrogen (secondary N) is 1. The van der Waals surface area contributed by atoms with Crippen molar-refractivity contribution in [3.05, 3.63) is 46.5 Å². The Balaban J connectivity index is 2.29. The second-order valence-electron chi connectivity index (χ2n) is 3.25. The number of aromatic nitrogens is 2. The zero-order valence-corrected chi connectivity index (χ0v) is 8.70. The van der Waals surface area contributed by atoms with Crippen LogP contribution in [0, 0.1) is 10.1 Å². The molecule has 0 atom stereocenters. The summed E-state index contributed by atoms with van der Waals surface area (Å²) < 4.78 is 0. The summed E-state index contributed by atoms with van der Waals surface area (Å²) in [6.45, 7) is 0. The summed E-state index contributed by atoms with van der Waals surface area (Å²) in [5.41, 5.74) is 3.79. The lowest BCUT2D eigenvalue weighted by Gasteiger charge is -2.01. The van der Waals surface area contributed by atoms with E-state index >= 15 is 0 Å². The van der Waals surface area contributed by atoms with Gasteiger partial charge in [0.15, 0.2) is 5.82 Å². The Morgan fingerprint density at radius 1 is 1.12 bits per heavy atom. The molecule has 0 saturated carbocycles. The predicted octanol–water partition coefficient (Wildman–Crippen LogP) is 1.34. The molecule has 2 rings (SSSR count). The maximum Gasteiger partial charge on any atom is 0.269 e. The van der Waals surface area contributed by atoms with Crippen LogP contribution in [0.3, 0.4) is 0 Å². The van der Waals surface area contributed by atoms with E-state index in [1.807, 2.05) is 0 Å². The number of benzene rings is 1. The highest BCUT2D eigenvalue weighted by molar-refractivity contribution is 5.61. The van der Waals surface area contributed by atoms with Gasteiger partial charge in [0, 0.05) is 17.7 Å². The zero-order valence-electron chi connectivity index (χ0n) is 8.70. The molecule has 0 saturated heterocycles. The number of non-ortho nitro benzene ring substituents is 1. The number of anilines is 1. The van der Waals surface area contributed by atoms with Crippen molar-refractivity contribution >= 4 is 11.5 Å². The average Bonchev–Trinajstić information content (AvgIpc) is 2.39. The molecule has 0 radical (unpaired) electrons. The summed E-state index contributed by atoms with van der Waals surface area (Å²) in [7, 11) is 0. The summed E-state index contributed by atoms with van der Waals surface area (Å²) in [5.74, 6) is 5.62. The van der Waals surface area contributed by atoms with Crippen LogP contribution < -0.4 is 11.3 Å². The molecule has 0 aliphatic rings. The Kier molecular flexibility index (Phi) is 2.93. The molecule has 7 heteroatoms. The number of nitrogens with two attached hydrogens (primary N) is 1. The lowest BCUT2D eigenvalue weighted by atomic mass is 10.1. The maximum atomic E-state index is 10.5. The minimum Gasteiger partial charge on any atom is -0.307 e. The number of hydrazine groups is 1. The molecule has 17 heavy (non-hydrogen) atoms. The van der Waals surface area contributed by atoms with Crippen molar-refractivity contribution in [2.45, 2.75) is 0 Å². The fraction of sp³-hybridized carbons (Fsp3) is 0. The average molecular weight is 231 g/mol. The van der Waals surface area contributed by atoms with E-state index in [0.717, 1.165) is 5.56 Å². The van der Waals surface area contributed by atoms with Crippen LogP contribution in [0.1, 0.15) is 0 Å². The lowest BCUT2D eigenvalue weighted by Crippen LogP contribution is -2.08. The standard InChI is InChI=1S/C10H9N5O2/c11-12-10-6-5-9(13-14-10)7-1-3-8(4-2-7)15(16)17/h1-6H,11H2,(H,12,14). The van der Waals surface area contributed by atoms with E-state index in [4.69, 9.17) is 5.84 Å². The molecule has 1 aromatic carbocycles. The molecule has 0 unspecified atom stereocenters. The largest absolute Gasteiger partial charge is 0.307 e. The first-order chi connectivity index (χ1) is 8.20. The normalized spacial score (nSPS) is 9.94. The first-order valence-electron chi connectivity index (χ1n) is 4.76. The van der Waals surface area contributed by atoms with Crippen molar-refractivity contribution in [3.8, 4) is 11.3 Å². The van der Waals surface area contributed by atoms with E-state index in [-0.39, 0.29) is 5.69 Å². The summed E-state index contributed by atoms with van der Waals surface area (Å²) in [6, 6.07) is 9.49. The molecule has 0 amide bonds. The Morgan fingerprint density at radius 3 is 2.29 bits per heavy atom. The molecular weight excluding hydrogens is 222 g/mol. The molecule has 3 N–H and O–H groups in total. The van der Waals surface area contributed by atoms with E-state index < -0.39 is 4.92 Å². The number of hydrogen-bond donors (Lipinski definition) is 2. The predicted molar refractivity (Wildman–Crippen MR) is 61.9 cm³/mol. The Hall–Kier alpha value is -2.54. The molecule has 0 fully saturated rings. The van der Waals surface area contributed by atoms with Gasteiger partial charge in [0.25, 0.3) is 5.69 Å². The number of nitro benzene ring substituents is 1. The maximum absolute atomic E-state index is 10.5. The van der Waals surface area contributed by atoms with Crippen molar-refractivity contribution in [3.63, 3.8) is 0 Å². The van der Waals surface area contributed by atoms with E-state index in [1.165, 1.54) is 12.1 Å². The molecule has 0 spiro atoms. The van der Waals surface area contributed by atoms with E-state index in [0.29, 0.717) is 11.5 Å². The van der Waals surface area contributed by atoms with Crippen molar-refractivity contribution in [1.82, 2.24) is 10.2 Å². The monoisotopic (exact) mass is 231 g/mol. The minimum absolute atomic E-state index is 0.0435. The minimum atomic E-state index is -0.448. The Labute approximate surface area is 96.4 Å². The van der Waals surface area contributed by atoms with Gasteiger partial charge in [0.2, 0.25) is 0 Å². The van der Waals surface area contributed by atoms with Gasteiger partial charge < -0.3 is 5.43 Å². The van der Waals surface area contributed by atoms with Gasteiger partial charge in [-0.3, -0.25) is 10.1 Å². The molecule has 0 aliphatic carbocycles. The van der Waals surface area contributed by atoms with Crippen LogP contribution >= 0.6 is 0 Å². The van der Waals surface area contributed by atoms with E-state index in [2.05, 4.69) is 15.6 Å². The van der Waals surface area contributed by atoms with Gasteiger partial charge in [0.1, 0.15) is 0 Å². The second kappa shape index (κ2) is 4.54. The van der Waals surface area contributed by atoms with Gasteiger partial charge in [-0.05, 0) is 24.3 Å². The smallest absolute Gasteiger partial charge is 0.269 e. The highest BCUT2D eigenvalue weighted by atomic mass is 16.6. The topological polar surface area (TPSA) is 107 Å². The second-order valence-corrected chi connectivity index (χ2v) is 3.25. The SMILES string of the molecule is NNc1ccc(-c2ccc([N+](=O)[O-])cc2)nn1. The molecule has 7 nitrogen and oxygen atoms in total. The lowest BCUT2D eigenvalue weighted by molar-refractivity contribution is -0.384. The van der Waals surface area contributed by atoms with Crippen LogP contribution in [0.4, 0.5) is 11.5 Å². The molecular formula is C10H9N5O2. The first-order valence-corrected chi connectivity index (χ1v) is 4.76. The summed E-state index contributed by atoms with van der Waals surface area (Å²) in [5, 5.41) is 18.2. The van der Waals surface area contributed by atoms with Gasteiger partial charge in [-0.1, -0.05) is 0 Å². The van der Waals surface area contributed by atoms with Crippen molar-refractivity contribution in [1.29, 1.82) is 0 Å². The third kappa shape index (κ3) is 2.34. The van der Waals surface area contributed by atoms with Crippen molar-refractivity contribution < 1.29 is 4.92 Å². The Bertz CT molecular complexity index is 523. The third-order valence-electron chi connectivity index (χ3n) is 2.19. The molecule has 0 bridgehead atoms. The summed E-state index contributed by atoms with van der Waals surface area (Å²) >= 11 is 0. The van der Waals surface area contributed by atoms with Gasteiger partial charge in [-0.25, -0.2) is 5.84 Å². The van der Waals surface area contributed by atoms with Gasteiger partial charge in [-0.2, -0.15) is 0 Å². The fourth-order valence-electron chi connectivity index (χ4n) is 1.32. The van der Waals surface area contributed by atoms with Crippen molar-refractivity contribution in [2.24, 2.45) is 5.84 Å². The molecule has 0 aliphatic heterocycles. The molecule has 2 aromatic rings. The number of rotatable bonds is 3. The van der Waals surface area contributed by atoms with E-state index in [9.17, 15) is 10.1 Å². The van der Waals surface area contributed by atoms with Gasteiger partial charge in [0.05, 0.1) is 10.6 Å². The van der Waals surface area contributed by atoms with Gasteiger partial charge in [-0.15, -0.1) is 10.2 Å². The van der Waals surface area contributed by atoms with Crippen LogP contribution in [-0.2, 0) is 0 Å². The Morgan fingerprint density at radius 2 is 1.82 bits per heavy atom. The third-order valence-corrected chi connectivity index (χ3v) is 2.19. The van der Waals surface area contributed by atoms with Gasteiger partial charge >= 0.3 is 0 Å². The molecule has 86 valence electrons. The molecule has 1 aromatic heterocycles.